The molecule has 0 aromatic carbocycles. The number of nitrogens with one attached hydrogen (secondary N) is 1. The van der Waals surface area contributed by atoms with Crippen molar-refractivity contribution in [3.8, 4) is 0 Å². The van der Waals surface area contributed by atoms with E-state index in [2.05, 4.69) is 15.4 Å². The molecule has 21 heavy (non-hydrogen) atoms. The Kier molecular flexibility index (Phi) is 3.71. The van der Waals surface area contributed by atoms with E-state index < -0.39 is 5.60 Å². The number of amides is 1. The maximum Gasteiger partial charge on any atom is 0.228 e. The van der Waals surface area contributed by atoms with Crippen molar-refractivity contribution >= 4 is 5.91 Å². The maximum absolute atomic E-state index is 12.8. The predicted octanol–water partition coefficient (Wildman–Crippen LogP) is 0.431. The lowest BCUT2D eigenvalue weighted by Crippen LogP contribution is -2.48. The molecular weight excluding hydrogens is 272 g/mol. The highest BCUT2D eigenvalue weighted by Gasteiger charge is 2.50. The Hall–Kier alpha value is -1.47. The number of β-amino-alcohol motifs (C(OH)–C–C–N with tert-alkyl or cyclic N) is 1. The van der Waals surface area contributed by atoms with E-state index in [-0.39, 0.29) is 11.3 Å². The number of ether oxygens (including phenoxy) is 1. The summed E-state index contributed by atoms with van der Waals surface area (Å²) in [6, 6.07) is 0. The average molecular weight is 294 g/mol. The topological polar surface area (TPSA) is 91.3 Å². The summed E-state index contributed by atoms with van der Waals surface area (Å²) in [5, 5.41) is 20.9. The van der Waals surface area contributed by atoms with Gasteiger partial charge in [-0.25, -0.2) is 0 Å². The lowest BCUT2D eigenvalue weighted by atomic mass is 9.66. The molecule has 1 saturated heterocycles. The molecule has 2 heterocycles. The van der Waals surface area contributed by atoms with E-state index in [1.165, 1.54) is 6.20 Å². The van der Waals surface area contributed by atoms with Gasteiger partial charge in [-0.15, -0.1) is 0 Å². The summed E-state index contributed by atoms with van der Waals surface area (Å²) in [5.41, 5.74) is -0.836. The molecule has 1 unspecified atom stereocenters. The fraction of sp³-hybridized carbons (Fsp3) is 0.786. The van der Waals surface area contributed by atoms with Crippen LogP contribution in [0, 0.1) is 5.41 Å². The summed E-state index contributed by atoms with van der Waals surface area (Å²) < 4.78 is 5.14. The zero-order chi connectivity index (χ0) is 14.9. The lowest BCUT2D eigenvalue weighted by Gasteiger charge is -2.42. The SMILES string of the molecule is COCCC1(C(=O)N2CCC(O)(c3cn[nH]n3)C2)CCC1. The molecule has 116 valence electrons. The summed E-state index contributed by atoms with van der Waals surface area (Å²) in [7, 11) is 1.66. The third kappa shape index (κ3) is 2.44. The van der Waals surface area contributed by atoms with Gasteiger partial charge in [0.15, 0.2) is 0 Å². The monoisotopic (exact) mass is 294 g/mol. The molecule has 0 bridgehead atoms. The number of carbonyl (C=O) groups is 1. The van der Waals surface area contributed by atoms with E-state index in [0.29, 0.717) is 31.8 Å². The van der Waals surface area contributed by atoms with Crippen LogP contribution >= 0.6 is 0 Å². The van der Waals surface area contributed by atoms with Crippen molar-refractivity contribution in [3.05, 3.63) is 11.9 Å². The van der Waals surface area contributed by atoms with Gasteiger partial charge in [0.25, 0.3) is 0 Å². The second kappa shape index (κ2) is 5.38. The van der Waals surface area contributed by atoms with Crippen molar-refractivity contribution < 1.29 is 14.6 Å². The highest BCUT2D eigenvalue weighted by atomic mass is 16.5. The third-order valence-electron chi connectivity index (χ3n) is 4.98. The number of H-pyrrole nitrogens is 1. The summed E-state index contributed by atoms with van der Waals surface area (Å²) in [5.74, 6) is 0.158. The van der Waals surface area contributed by atoms with Crippen LogP contribution in [0.25, 0.3) is 0 Å². The summed E-state index contributed by atoms with van der Waals surface area (Å²) >= 11 is 0. The third-order valence-corrected chi connectivity index (χ3v) is 4.98. The van der Waals surface area contributed by atoms with Crippen molar-refractivity contribution in [2.24, 2.45) is 5.41 Å². The number of aromatic nitrogens is 3. The summed E-state index contributed by atoms with van der Waals surface area (Å²) in [4.78, 5) is 14.6. The number of likely N-dealkylation sites (tertiary alicyclic amines) is 1. The first-order chi connectivity index (χ1) is 10.1. The number of hydrogen-bond acceptors (Lipinski definition) is 5. The molecule has 1 aromatic heterocycles. The van der Waals surface area contributed by atoms with Crippen molar-refractivity contribution in [2.75, 3.05) is 26.8 Å². The van der Waals surface area contributed by atoms with Crippen molar-refractivity contribution in [1.29, 1.82) is 0 Å². The molecule has 0 radical (unpaired) electrons. The fourth-order valence-electron chi connectivity index (χ4n) is 3.41. The van der Waals surface area contributed by atoms with E-state index in [4.69, 9.17) is 4.74 Å². The Morgan fingerprint density at radius 3 is 2.90 bits per heavy atom. The zero-order valence-electron chi connectivity index (χ0n) is 12.3. The standard InChI is InChI=1S/C14H22N4O3/c1-21-8-6-13(3-2-4-13)12(19)18-7-5-14(20,10-18)11-9-15-17-16-11/h9,20H,2-8,10H2,1H3,(H,15,16,17). The molecule has 0 spiro atoms. The molecule has 2 aliphatic rings. The molecule has 7 heteroatoms. The maximum atomic E-state index is 12.8. The van der Waals surface area contributed by atoms with Gasteiger partial charge in [-0.3, -0.25) is 4.79 Å². The van der Waals surface area contributed by atoms with Gasteiger partial charge in [-0.2, -0.15) is 15.4 Å². The van der Waals surface area contributed by atoms with Crippen LogP contribution in [0.15, 0.2) is 6.20 Å². The molecule has 1 amide bonds. The van der Waals surface area contributed by atoms with Crippen molar-refractivity contribution in [1.82, 2.24) is 20.3 Å². The highest BCUT2D eigenvalue weighted by molar-refractivity contribution is 5.84. The minimum atomic E-state index is -1.07. The number of carbonyl (C=O) groups excluding carboxylic acids is 1. The van der Waals surface area contributed by atoms with E-state index in [1.54, 1.807) is 12.0 Å². The average Bonchev–Trinajstić information content (AvgIpc) is 3.07. The van der Waals surface area contributed by atoms with E-state index in [9.17, 15) is 9.90 Å². The van der Waals surface area contributed by atoms with E-state index in [0.717, 1.165) is 25.7 Å². The second-order valence-corrected chi connectivity index (χ2v) is 6.24. The molecule has 1 atom stereocenters. The summed E-state index contributed by atoms with van der Waals surface area (Å²) in [6.45, 7) is 1.47. The van der Waals surface area contributed by atoms with E-state index >= 15 is 0 Å². The minimum absolute atomic E-state index is 0.158. The lowest BCUT2D eigenvalue weighted by molar-refractivity contribution is -0.149. The number of nitrogens with zero attached hydrogens (tertiary/aromatic N) is 3. The number of aromatic amines is 1. The normalized spacial score (nSPS) is 27.6. The zero-order valence-corrected chi connectivity index (χ0v) is 12.3. The second-order valence-electron chi connectivity index (χ2n) is 6.24. The van der Waals surface area contributed by atoms with Crippen LogP contribution in [-0.4, -0.2) is 58.1 Å². The van der Waals surface area contributed by atoms with Gasteiger partial charge in [-0.1, -0.05) is 6.42 Å². The first kappa shape index (κ1) is 14.5. The Morgan fingerprint density at radius 1 is 1.52 bits per heavy atom. The number of methoxy groups -OCH3 is 1. The van der Waals surface area contributed by atoms with Crippen LogP contribution < -0.4 is 0 Å². The number of rotatable bonds is 5. The molecular formula is C14H22N4O3. The van der Waals surface area contributed by atoms with Gasteiger partial charge in [0.05, 0.1) is 18.2 Å². The Bertz CT molecular complexity index is 500. The molecule has 1 aliphatic carbocycles. The molecule has 1 saturated carbocycles. The number of hydrogen-bond donors (Lipinski definition) is 2. The highest BCUT2D eigenvalue weighted by Crippen LogP contribution is 2.46. The van der Waals surface area contributed by atoms with Gasteiger partial charge < -0.3 is 14.7 Å². The quantitative estimate of drug-likeness (QED) is 0.822. The number of aliphatic hydroxyl groups is 1. The molecule has 2 N–H and O–H groups in total. The van der Waals surface area contributed by atoms with Crippen LogP contribution in [0.1, 0.15) is 37.8 Å². The first-order valence-electron chi connectivity index (χ1n) is 7.47. The van der Waals surface area contributed by atoms with Crippen molar-refractivity contribution in [2.45, 2.75) is 37.7 Å². The Morgan fingerprint density at radius 2 is 2.33 bits per heavy atom. The van der Waals surface area contributed by atoms with Gasteiger partial charge in [0.2, 0.25) is 5.91 Å². The van der Waals surface area contributed by atoms with Crippen LogP contribution in [0.5, 0.6) is 0 Å². The Labute approximate surface area is 123 Å². The summed E-state index contributed by atoms with van der Waals surface area (Å²) in [6.07, 6.45) is 5.74. The largest absolute Gasteiger partial charge is 0.385 e. The van der Waals surface area contributed by atoms with E-state index in [1.807, 2.05) is 0 Å². The van der Waals surface area contributed by atoms with Gasteiger partial charge >= 0.3 is 0 Å². The smallest absolute Gasteiger partial charge is 0.228 e. The van der Waals surface area contributed by atoms with Crippen LogP contribution in [0.2, 0.25) is 0 Å². The van der Waals surface area contributed by atoms with Crippen LogP contribution in [0.3, 0.4) is 0 Å². The van der Waals surface area contributed by atoms with Crippen LogP contribution in [0.4, 0.5) is 0 Å². The van der Waals surface area contributed by atoms with Crippen LogP contribution in [-0.2, 0) is 15.1 Å². The molecule has 1 aromatic rings. The van der Waals surface area contributed by atoms with Crippen molar-refractivity contribution in [3.63, 3.8) is 0 Å². The molecule has 1 aliphatic heterocycles. The molecule has 2 fully saturated rings. The minimum Gasteiger partial charge on any atom is -0.385 e. The van der Waals surface area contributed by atoms with Gasteiger partial charge in [0, 0.05) is 26.7 Å². The van der Waals surface area contributed by atoms with Gasteiger partial charge in [0.1, 0.15) is 11.3 Å². The Balaban J connectivity index is 1.69. The molecule has 3 rings (SSSR count). The fourth-order valence-corrected chi connectivity index (χ4v) is 3.41. The van der Waals surface area contributed by atoms with Gasteiger partial charge in [-0.05, 0) is 19.3 Å². The first-order valence-corrected chi connectivity index (χ1v) is 7.47. The predicted molar refractivity (Wildman–Crippen MR) is 74.3 cm³/mol. The molecule has 7 nitrogen and oxygen atoms in total.